The molecule has 6 nitrogen and oxygen atoms in total. The van der Waals surface area contributed by atoms with Crippen molar-refractivity contribution in [2.75, 3.05) is 6.61 Å². The van der Waals surface area contributed by atoms with Gasteiger partial charge in [-0.2, -0.15) is 0 Å². The molecule has 0 radical (unpaired) electrons. The van der Waals surface area contributed by atoms with Crippen molar-refractivity contribution in [3.05, 3.63) is 60.8 Å². The first-order chi connectivity index (χ1) is 27.0. The molecule has 0 aromatic heterocycles. The highest BCUT2D eigenvalue weighted by molar-refractivity contribution is 5.77. The van der Waals surface area contributed by atoms with Gasteiger partial charge >= 0.3 is 5.97 Å². The molecule has 0 saturated carbocycles. The molecule has 1 amide bonds. The van der Waals surface area contributed by atoms with Gasteiger partial charge in [-0.3, -0.25) is 9.59 Å². The van der Waals surface area contributed by atoms with Crippen LogP contribution < -0.4 is 5.32 Å². The van der Waals surface area contributed by atoms with Crippen LogP contribution in [0.2, 0.25) is 0 Å². The summed E-state index contributed by atoms with van der Waals surface area (Å²) >= 11 is 0. The Balaban J connectivity index is 4.60. The molecular weight excluding hydrogens is 683 g/mol. The highest BCUT2D eigenvalue weighted by Crippen LogP contribution is 2.17. The number of aliphatic hydroxyl groups is 2. The van der Waals surface area contributed by atoms with E-state index in [4.69, 9.17) is 4.74 Å². The predicted molar refractivity (Wildman–Crippen MR) is 236 cm³/mol. The second-order valence-electron chi connectivity index (χ2n) is 15.5. The number of carbonyl (C=O) groups excluding carboxylic acids is 2. The summed E-state index contributed by atoms with van der Waals surface area (Å²) in [6.45, 7) is 6.24. The number of amides is 1. The monoisotopic (exact) mass is 770 g/mol. The largest absolute Gasteiger partial charge is 0.462 e. The summed E-state index contributed by atoms with van der Waals surface area (Å²) in [5.41, 5.74) is 0. The summed E-state index contributed by atoms with van der Waals surface area (Å²) in [6.07, 6.45) is 51.5. The number of unbranched alkanes of at least 4 members (excludes halogenated alkanes) is 21. The van der Waals surface area contributed by atoms with Crippen LogP contribution in [0, 0.1) is 0 Å². The minimum Gasteiger partial charge on any atom is -0.462 e. The van der Waals surface area contributed by atoms with E-state index in [-0.39, 0.29) is 24.9 Å². The van der Waals surface area contributed by atoms with Crippen molar-refractivity contribution in [2.45, 2.75) is 232 Å². The van der Waals surface area contributed by atoms with Crippen molar-refractivity contribution in [3.8, 4) is 0 Å². The minimum atomic E-state index is -0.806. The highest BCUT2D eigenvalue weighted by atomic mass is 16.5. The van der Waals surface area contributed by atoms with Crippen LogP contribution in [0.25, 0.3) is 0 Å². The molecule has 0 aliphatic heterocycles. The number of nitrogens with one attached hydrogen (secondary N) is 1. The molecule has 0 aromatic rings. The summed E-state index contributed by atoms with van der Waals surface area (Å²) in [7, 11) is 0. The van der Waals surface area contributed by atoms with Gasteiger partial charge in [0.2, 0.25) is 5.91 Å². The van der Waals surface area contributed by atoms with Crippen LogP contribution in [-0.2, 0) is 14.3 Å². The Morgan fingerprint density at radius 1 is 0.545 bits per heavy atom. The summed E-state index contributed by atoms with van der Waals surface area (Å²) in [5, 5.41) is 23.6. The first-order valence-electron chi connectivity index (χ1n) is 23.1. The number of aliphatic hydroxyl groups excluding tert-OH is 2. The third-order valence-electron chi connectivity index (χ3n) is 10.2. The Morgan fingerprint density at radius 3 is 1.64 bits per heavy atom. The van der Waals surface area contributed by atoms with Crippen LogP contribution in [-0.4, -0.2) is 46.9 Å². The number of allylic oxidation sites excluding steroid dienone is 10. The van der Waals surface area contributed by atoms with E-state index in [9.17, 15) is 19.8 Å². The molecule has 0 bridgehead atoms. The average Bonchev–Trinajstić information content (AvgIpc) is 3.18. The lowest BCUT2D eigenvalue weighted by Gasteiger charge is -2.24. The van der Waals surface area contributed by atoms with E-state index in [0.29, 0.717) is 19.3 Å². The first-order valence-corrected chi connectivity index (χ1v) is 23.1. The number of carbonyl (C=O) groups is 2. The topological polar surface area (TPSA) is 95.9 Å². The van der Waals surface area contributed by atoms with Gasteiger partial charge in [0.1, 0.15) is 6.10 Å². The number of esters is 1. The maximum absolute atomic E-state index is 13.1. The van der Waals surface area contributed by atoms with Crippen molar-refractivity contribution >= 4 is 11.9 Å². The lowest BCUT2D eigenvalue weighted by molar-refractivity contribution is -0.151. The zero-order valence-electron chi connectivity index (χ0n) is 36.0. The number of rotatable bonds is 40. The van der Waals surface area contributed by atoms with Gasteiger partial charge in [-0.1, -0.05) is 204 Å². The Hall–Kier alpha value is -2.44. The van der Waals surface area contributed by atoms with E-state index in [0.717, 1.165) is 70.6 Å². The number of hydrogen-bond acceptors (Lipinski definition) is 5. The quantitative estimate of drug-likeness (QED) is 0.0250. The van der Waals surface area contributed by atoms with Crippen LogP contribution in [0.3, 0.4) is 0 Å². The molecule has 6 heteroatoms. The van der Waals surface area contributed by atoms with Crippen LogP contribution >= 0.6 is 0 Å². The molecule has 0 aromatic carbocycles. The molecule has 0 spiro atoms. The van der Waals surface area contributed by atoms with Crippen molar-refractivity contribution in [1.29, 1.82) is 0 Å². The van der Waals surface area contributed by atoms with E-state index in [1.54, 1.807) is 0 Å². The second kappa shape index (κ2) is 42.7. The summed E-state index contributed by atoms with van der Waals surface area (Å²) in [6, 6.07) is -0.723. The van der Waals surface area contributed by atoms with Crippen LogP contribution in [0.5, 0.6) is 0 Å². The highest BCUT2D eigenvalue weighted by Gasteiger charge is 2.24. The fourth-order valence-corrected chi connectivity index (χ4v) is 6.68. The molecule has 0 rings (SSSR count). The maximum Gasteiger partial charge on any atom is 0.306 e. The van der Waals surface area contributed by atoms with E-state index in [1.807, 2.05) is 36.5 Å². The van der Waals surface area contributed by atoms with E-state index >= 15 is 0 Å². The lowest BCUT2D eigenvalue weighted by atomic mass is 10.0. The number of ether oxygens (including phenoxy) is 1. The third kappa shape index (κ3) is 38.2. The van der Waals surface area contributed by atoms with Gasteiger partial charge in [0.25, 0.3) is 0 Å². The van der Waals surface area contributed by atoms with Gasteiger partial charge in [-0.15, -0.1) is 0 Å². The zero-order valence-corrected chi connectivity index (χ0v) is 36.0. The van der Waals surface area contributed by atoms with Gasteiger partial charge in [0.15, 0.2) is 0 Å². The fourth-order valence-electron chi connectivity index (χ4n) is 6.68. The average molecular weight is 770 g/mol. The van der Waals surface area contributed by atoms with Crippen molar-refractivity contribution < 1.29 is 24.5 Å². The molecule has 318 valence electrons. The van der Waals surface area contributed by atoms with E-state index < -0.39 is 18.2 Å². The summed E-state index contributed by atoms with van der Waals surface area (Å²) in [5.74, 6) is -0.558. The normalized spacial score (nSPS) is 13.9. The Kier molecular flexibility index (Phi) is 40.8. The Labute approximate surface area is 339 Å². The minimum absolute atomic E-state index is 0.0269. The van der Waals surface area contributed by atoms with Gasteiger partial charge in [-0.25, -0.2) is 0 Å². The second-order valence-corrected chi connectivity index (χ2v) is 15.5. The van der Waals surface area contributed by atoms with Gasteiger partial charge in [-0.05, 0) is 57.8 Å². The number of hydrogen-bond donors (Lipinski definition) is 3. The van der Waals surface area contributed by atoms with E-state index in [2.05, 4.69) is 50.4 Å². The molecule has 3 N–H and O–H groups in total. The summed E-state index contributed by atoms with van der Waals surface area (Å²) < 4.78 is 5.84. The van der Waals surface area contributed by atoms with Crippen LogP contribution in [0.4, 0.5) is 0 Å². The zero-order chi connectivity index (χ0) is 40.3. The first kappa shape index (κ1) is 52.6. The molecular formula is C49H87NO5. The van der Waals surface area contributed by atoms with Crippen LogP contribution in [0.1, 0.15) is 213 Å². The third-order valence-corrected chi connectivity index (χ3v) is 10.2. The summed E-state index contributed by atoms with van der Waals surface area (Å²) in [4.78, 5) is 25.9. The van der Waals surface area contributed by atoms with Gasteiger partial charge < -0.3 is 20.3 Å². The molecule has 0 fully saturated rings. The van der Waals surface area contributed by atoms with E-state index in [1.165, 1.54) is 96.3 Å². The fraction of sp³-hybridized carbons (Fsp3) is 0.755. The SMILES string of the molecule is CC/C=C/C=C/C=C\C=C/CCCC(CC(=O)NC(CO)C(O)CCCCCCCCCCCCCCCCC)OC(=O)CCCCCCC/C=C\CCC. The standard InChI is InChI=1S/C49H87NO5/c1-4-7-10-13-16-19-22-23-24-25-27-29-32-35-38-41-47(52)46(44-51)50-48(53)43-45(40-37-34-31-28-26-20-17-14-11-8-5-2)55-49(54)42-39-36-33-30-21-18-15-12-9-6-3/h8,11-12,14-15,17,20,26,28,31,45-47,51-52H,4-7,9-10,13,16,18-19,21-25,27,29-30,32-44H2,1-3H3,(H,50,53)/b11-8+,15-12-,17-14+,26-20-,31-28-. The lowest BCUT2D eigenvalue weighted by Crippen LogP contribution is -2.46. The molecule has 3 atom stereocenters. The molecule has 0 aliphatic rings. The van der Waals surface area contributed by atoms with Crippen LogP contribution in [0.15, 0.2) is 60.8 Å². The van der Waals surface area contributed by atoms with Crippen molar-refractivity contribution in [2.24, 2.45) is 0 Å². The van der Waals surface area contributed by atoms with Crippen molar-refractivity contribution in [1.82, 2.24) is 5.32 Å². The molecule has 3 unspecified atom stereocenters. The molecule has 0 saturated heterocycles. The van der Waals surface area contributed by atoms with Gasteiger partial charge in [0, 0.05) is 6.42 Å². The molecule has 0 heterocycles. The molecule has 0 aliphatic carbocycles. The maximum atomic E-state index is 13.1. The molecule has 55 heavy (non-hydrogen) atoms. The Morgan fingerprint density at radius 2 is 1.05 bits per heavy atom. The predicted octanol–water partition coefficient (Wildman–Crippen LogP) is 13.3. The van der Waals surface area contributed by atoms with Crippen molar-refractivity contribution in [3.63, 3.8) is 0 Å². The smallest absolute Gasteiger partial charge is 0.306 e. The van der Waals surface area contributed by atoms with Gasteiger partial charge in [0.05, 0.1) is 25.2 Å². The Bertz CT molecular complexity index is 999.